The molecule has 3 aromatic heterocycles. The summed E-state index contributed by atoms with van der Waals surface area (Å²) >= 11 is 1.43. The Morgan fingerprint density at radius 1 is 0.875 bits per heavy atom. The fraction of sp³-hybridized carbons (Fsp3) is 0.479. The maximum Gasteiger partial charge on any atom is 0.355 e. The Morgan fingerprint density at radius 2 is 1.67 bits per heavy atom. The Bertz CT molecular complexity index is 2300. The summed E-state index contributed by atoms with van der Waals surface area (Å²) < 4.78 is 19.9. The molecule has 2 aromatic carbocycles. The molecule has 1 saturated carbocycles. The van der Waals surface area contributed by atoms with Gasteiger partial charge in [0.05, 0.1) is 48.9 Å². The van der Waals surface area contributed by atoms with Crippen LogP contribution in [0.3, 0.4) is 0 Å². The van der Waals surface area contributed by atoms with Gasteiger partial charge in [0.15, 0.2) is 10.8 Å². The summed E-state index contributed by atoms with van der Waals surface area (Å²) in [5.74, 6) is 0.598. The van der Waals surface area contributed by atoms with Crippen LogP contribution < -0.4 is 15.5 Å². The summed E-state index contributed by atoms with van der Waals surface area (Å²) in [4.78, 5) is 48.3. The molecule has 4 N–H and O–H groups in total. The van der Waals surface area contributed by atoms with Crippen molar-refractivity contribution in [2.75, 3.05) is 62.9 Å². The first kappa shape index (κ1) is 49.8. The molecule has 3 atom stereocenters. The molecule has 0 spiro atoms. The van der Waals surface area contributed by atoms with Crippen molar-refractivity contribution in [3.63, 3.8) is 0 Å². The van der Waals surface area contributed by atoms with Gasteiger partial charge in [-0.15, -0.1) is 0 Å². The van der Waals surface area contributed by atoms with Crippen LogP contribution in [0.15, 0.2) is 60.8 Å². The average Bonchev–Trinajstić information content (AvgIpc) is 3.82. The van der Waals surface area contributed by atoms with Crippen molar-refractivity contribution in [2.45, 2.75) is 86.9 Å². The number of fused-ring (bicyclic) bond motifs is 2. The normalized spacial score (nSPS) is 17.7. The third-order valence-electron chi connectivity index (χ3n) is 11.5. The third kappa shape index (κ3) is 12.9. The lowest BCUT2D eigenvalue weighted by atomic mass is 9.80. The van der Waals surface area contributed by atoms with Gasteiger partial charge in [-0.2, -0.15) is 5.10 Å². The van der Waals surface area contributed by atoms with Crippen molar-refractivity contribution in [2.24, 2.45) is 11.8 Å². The number of amides is 1. The number of hydrogen-bond donors (Lipinski definition) is 4. The second kappa shape index (κ2) is 23.6. The Labute approximate surface area is 380 Å². The standard InChI is InChI=1S/C46H56N7O8S.2CH4/c1-29-21-30(2)23-34(61-18-15-47-14-17-59-19-20-60-28-42(54)55)24-32(22-29)26-53-31(3)37(25-48-53)35-11-12-41(50-43(35)45(57)58)52-16-13-33-7-6-8-36(38(33)27-52)44(56)51-46-49-39-9-4-5-10-40(39)62-46;;/h4-12,25,29-30,34,47H,13-24,26-28H2,1-3H3,(H,54,55)(H,57,58)(H,49,51,56);2*1H4. The number of aliphatic carboxylic acids is 1. The van der Waals surface area contributed by atoms with Crippen LogP contribution >= 0.6 is 11.3 Å². The summed E-state index contributed by atoms with van der Waals surface area (Å²) in [5.41, 5.74) is 5.41. The lowest BCUT2D eigenvalue weighted by Gasteiger charge is -2.32. The number of carbonyl (C=O) groups is 3. The molecule has 3 unspecified atom stereocenters. The molecule has 1 aliphatic heterocycles. The maximum absolute atomic E-state index is 13.6. The molecule has 1 fully saturated rings. The Morgan fingerprint density at radius 3 is 2.47 bits per heavy atom. The van der Waals surface area contributed by atoms with Crippen molar-refractivity contribution in [3.05, 3.63) is 94.8 Å². The van der Waals surface area contributed by atoms with Gasteiger partial charge in [0, 0.05) is 61.0 Å². The molecule has 7 rings (SSSR count). The van der Waals surface area contributed by atoms with E-state index in [2.05, 4.69) is 29.5 Å². The average molecular weight is 899 g/mol. The van der Waals surface area contributed by atoms with Gasteiger partial charge in [-0.25, -0.2) is 19.6 Å². The molecule has 1 amide bonds. The van der Waals surface area contributed by atoms with Gasteiger partial charge in [-0.05, 0) is 92.3 Å². The lowest BCUT2D eigenvalue weighted by Crippen LogP contribution is -2.33. The lowest BCUT2D eigenvalue weighted by molar-refractivity contribution is -0.142. The van der Waals surface area contributed by atoms with Crippen LogP contribution in [0.5, 0.6) is 0 Å². The SMILES string of the molecule is C.C.Cc1c(-c2ccc(N3CCc4cccc(C(=O)Nc5nc6ccccc6s5)c4C3)nc2C(=O)O)cnn1C[C]1CC(C)CC(C)CC(OCCNCCOCCOCC(=O)O)C1. The van der Waals surface area contributed by atoms with Gasteiger partial charge in [0.1, 0.15) is 12.4 Å². The van der Waals surface area contributed by atoms with Gasteiger partial charge >= 0.3 is 11.9 Å². The van der Waals surface area contributed by atoms with Gasteiger partial charge in [-0.1, -0.05) is 64.3 Å². The van der Waals surface area contributed by atoms with Gasteiger partial charge in [0.2, 0.25) is 0 Å². The molecule has 16 heteroatoms. The largest absolute Gasteiger partial charge is 0.480 e. The highest BCUT2D eigenvalue weighted by Crippen LogP contribution is 2.36. The van der Waals surface area contributed by atoms with Crippen LogP contribution in [0.4, 0.5) is 10.9 Å². The number of hydrogen-bond acceptors (Lipinski definition) is 12. The summed E-state index contributed by atoms with van der Waals surface area (Å²) in [6.07, 6.45) is 6.37. The predicted octanol–water partition coefficient (Wildman–Crippen LogP) is 8.16. The number of carboxylic acid groups (broad SMARTS) is 2. The van der Waals surface area contributed by atoms with E-state index in [-0.39, 0.29) is 45.8 Å². The molecule has 0 bridgehead atoms. The second-order valence-corrected chi connectivity index (χ2v) is 17.4. The molecule has 4 heterocycles. The molecular formula is C48H64N7O8S. The van der Waals surface area contributed by atoms with E-state index >= 15 is 0 Å². The van der Waals surface area contributed by atoms with E-state index in [0.29, 0.717) is 92.9 Å². The number of para-hydroxylation sites is 1. The quantitative estimate of drug-likeness (QED) is 0.0582. The fourth-order valence-corrected chi connectivity index (χ4v) is 9.53. The topological polar surface area (TPSA) is 190 Å². The first-order valence-corrected chi connectivity index (χ1v) is 22.2. The van der Waals surface area contributed by atoms with Gasteiger partial charge < -0.3 is 34.6 Å². The fourth-order valence-electron chi connectivity index (χ4n) is 8.67. The van der Waals surface area contributed by atoms with Crippen molar-refractivity contribution < 1.29 is 38.8 Å². The molecule has 15 nitrogen and oxygen atoms in total. The third-order valence-corrected chi connectivity index (χ3v) is 12.4. The monoisotopic (exact) mass is 898 g/mol. The van der Waals surface area contributed by atoms with E-state index in [1.165, 1.54) is 17.3 Å². The summed E-state index contributed by atoms with van der Waals surface area (Å²) in [5, 5.41) is 30.8. The van der Waals surface area contributed by atoms with E-state index in [9.17, 15) is 19.5 Å². The number of aromatic carboxylic acids is 1. The number of anilines is 2. The number of nitrogens with zero attached hydrogens (tertiary/aromatic N) is 5. The van der Waals surface area contributed by atoms with Crippen molar-refractivity contribution in [1.29, 1.82) is 0 Å². The zero-order valence-corrected chi connectivity index (χ0v) is 36.4. The number of ether oxygens (including phenoxy) is 3. The van der Waals surface area contributed by atoms with Crippen molar-refractivity contribution in [3.8, 4) is 11.1 Å². The van der Waals surface area contributed by atoms with E-state index in [0.717, 1.165) is 58.3 Å². The zero-order chi connectivity index (χ0) is 43.6. The minimum atomic E-state index is -1.12. The Balaban J connectivity index is 0.00000385. The highest BCUT2D eigenvalue weighted by atomic mass is 32.1. The maximum atomic E-state index is 13.6. The van der Waals surface area contributed by atoms with Crippen LogP contribution in [0.1, 0.15) is 92.1 Å². The molecule has 64 heavy (non-hydrogen) atoms. The number of aromatic nitrogens is 4. The summed E-state index contributed by atoms with van der Waals surface area (Å²) in [6.45, 7) is 10.9. The highest BCUT2D eigenvalue weighted by molar-refractivity contribution is 7.22. The zero-order valence-electron chi connectivity index (χ0n) is 35.6. The Kier molecular flexibility index (Phi) is 18.3. The number of rotatable bonds is 19. The van der Waals surface area contributed by atoms with Crippen molar-refractivity contribution >= 4 is 50.3 Å². The molecule has 1 aliphatic carbocycles. The predicted molar refractivity (Wildman–Crippen MR) is 251 cm³/mol. The van der Waals surface area contributed by atoms with E-state index < -0.39 is 11.9 Å². The first-order chi connectivity index (χ1) is 30.0. The van der Waals surface area contributed by atoms with Crippen molar-refractivity contribution in [1.82, 2.24) is 25.1 Å². The van der Waals surface area contributed by atoms with Gasteiger partial charge in [-0.3, -0.25) is 14.8 Å². The number of carboxylic acids is 2. The van der Waals surface area contributed by atoms with E-state index in [1.807, 2.05) is 71.1 Å². The number of pyridine rings is 1. The minimum absolute atomic E-state index is 0. The molecule has 2 aliphatic rings. The van der Waals surface area contributed by atoms with E-state index in [4.69, 9.17) is 29.4 Å². The smallest absolute Gasteiger partial charge is 0.355 e. The second-order valence-electron chi connectivity index (χ2n) is 16.4. The Hall–Kier alpha value is -5.26. The summed E-state index contributed by atoms with van der Waals surface area (Å²) in [6, 6.07) is 17.2. The minimum Gasteiger partial charge on any atom is -0.480 e. The molecule has 1 radical (unpaired) electrons. The molecular weight excluding hydrogens is 835 g/mol. The number of thiazole rings is 1. The first-order valence-electron chi connectivity index (χ1n) is 21.3. The number of carbonyl (C=O) groups excluding carboxylic acids is 1. The van der Waals surface area contributed by atoms with E-state index in [1.54, 1.807) is 6.20 Å². The van der Waals surface area contributed by atoms with Crippen LogP contribution in [-0.4, -0.2) is 107 Å². The number of nitrogens with one attached hydrogen (secondary N) is 2. The van der Waals surface area contributed by atoms with Gasteiger partial charge in [0.25, 0.3) is 5.91 Å². The number of benzene rings is 2. The van der Waals surface area contributed by atoms with Crippen LogP contribution in [-0.2, 0) is 38.5 Å². The molecule has 345 valence electrons. The van der Waals surface area contributed by atoms with Crippen LogP contribution in [0, 0.1) is 24.7 Å². The van der Waals surface area contributed by atoms with Crippen LogP contribution in [0.25, 0.3) is 21.3 Å². The van der Waals surface area contributed by atoms with Crippen LogP contribution in [0.2, 0.25) is 0 Å². The highest BCUT2D eigenvalue weighted by Gasteiger charge is 2.29. The molecule has 0 saturated heterocycles. The summed E-state index contributed by atoms with van der Waals surface area (Å²) in [7, 11) is 0. The molecule has 5 aromatic rings.